The van der Waals surface area contributed by atoms with Crippen LogP contribution in [0.15, 0.2) is 0 Å². The smallest absolute Gasteiger partial charge is 0.223 e. The van der Waals surface area contributed by atoms with E-state index in [1.807, 2.05) is 11.8 Å². The first-order valence-corrected chi connectivity index (χ1v) is 9.55. The Morgan fingerprint density at radius 2 is 1.90 bits per heavy atom. The third-order valence-corrected chi connectivity index (χ3v) is 7.71. The maximum absolute atomic E-state index is 12.7. The van der Waals surface area contributed by atoms with Gasteiger partial charge in [0.05, 0.1) is 0 Å². The lowest BCUT2D eigenvalue weighted by molar-refractivity contribution is -0.132. The molecule has 0 bridgehead atoms. The van der Waals surface area contributed by atoms with Gasteiger partial charge in [-0.15, -0.1) is 0 Å². The second kappa shape index (κ2) is 7.36. The van der Waals surface area contributed by atoms with E-state index in [0.717, 1.165) is 32.2 Å². The van der Waals surface area contributed by atoms with Crippen LogP contribution in [0.3, 0.4) is 0 Å². The zero-order valence-electron chi connectivity index (χ0n) is 14.7. The maximum atomic E-state index is 12.7. The van der Waals surface area contributed by atoms with Crippen molar-refractivity contribution in [1.29, 1.82) is 0 Å². The molecule has 1 fully saturated rings. The molecule has 1 amide bonds. The molecule has 3 N–H and O–H groups in total. The highest BCUT2D eigenvalue weighted by Gasteiger charge is 2.45. The van der Waals surface area contributed by atoms with Crippen LogP contribution < -0.4 is 11.1 Å². The standard InChI is InChI=1S/C17H34N2OS/c1-7-17(8-2,21-6)11-19-15(20)13-9-10-14(18)12(3)16(13,4)5/h12-14H,7-11,18H2,1-6H3,(H,19,20). The van der Waals surface area contributed by atoms with Gasteiger partial charge in [-0.3, -0.25) is 4.79 Å². The first kappa shape index (κ1) is 18.8. The number of amides is 1. The second-order valence-corrected chi connectivity index (χ2v) is 8.49. The van der Waals surface area contributed by atoms with Gasteiger partial charge in [0.2, 0.25) is 5.91 Å². The van der Waals surface area contributed by atoms with E-state index >= 15 is 0 Å². The van der Waals surface area contributed by atoms with Gasteiger partial charge < -0.3 is 11.1 Å². The van der Waals surface area contributed by atoms with Crippen molar-refractivity contribution < 1.29 is 4.79 Å². The predicted octanol–water partition coefficient (Wildman–Crippen LogP) is 3.42. The number of nitrogens with two attached hydrogens (primary N) is 1. The minimum absolute atomic E-state index is 0.0256. The molecule has 4 heteroatoms. The fourth-order valence-electron chi connectivity index (χ4n) is 3.55. The molecule has 3 nitrogen and oxygen atoms in total. The van der Waals surface area contributed by atoms with Crippen molar-refractivity contribution in [1.82, 2.24) is 5.32 Å². The van der Waals surface area contributed by atoms with Crippen molar-refractivity contribution in [2.75, 3.05) is 12.8 Å². The topological polar surface area (TPSA) is 55.1 Å². The van der Waals surface area contributed by atoms with Gasteiger partial charge in [-0.05, 0) is 43.3 Å². The quantitative estimate of drug-likeness (QED) is 0.790. The minimum atomic E-state index is -0.0256. The fourth-order valence-corrected chi connectivity index (χ4v) is 4.35. The molecule has 3 atom stereocenters. The van der Waals surface area contributed by atoms with E-state index in [9.17, 15) is 4.79 Å². The normalized spacial score (nSPS) is 29.2. The Morgan fingerprint density at radius 1 is 1.33 bits per heavy atom. The van der Waals surface area contributed by atoms with Crippen LogP contribution in [-0.4, -0.2) is 29.5 Å². The van der Waals surface area contributed by atoms with Gasteiger partial charge >= 0.3 is 0 Å². The number of hydrogen-bond acceptors (Lipinski definition) is 3. The Morgan fingerprint density at radius 3 is 2.38 bits per heavy atom. The molecule has 1 saturated carbocycles. The summed E-state index contributed by atoms with van der Waals surface area (Å²) >= 11 is 1.87. The zero-order chi connectivity index (χ0) is 16.3. The summed E-state index contributed by atoms with van der Waals surface area (Å²) in [6.07, 6.45) is 6.18. The number of rotatable bonds is 6. The molecule has 3 unspecified atom stereocenters. The highest BCUT2D eigenvalue weighted by molar-refractivity contribution is 8.00. The van der Waals surface area contributed by atoms with E-state index in [1.54, 1.807) is 0 Å². The Balaban J connectivity index is 2.71. The monoisotopic (exact) mass is 314 g/mol. The molecule has 1 rings (SSSR count). The molecule has 0 aromatic rings. The third-order valence-electron chi connectivity index (χ3n) is 6.13. The van der Waals surface area contributed by atoms with E-state index in [4.69, 9.17) is 5.73 Å². The van der Waals surface area contributed by atoms with Crippen molar-refractivity contribution in [3.8, 4) is 0 Å². The molecule has 124 valence electrons. The average molecular weight is 315 g/mol. The summed E-state index contributed by atoms with van der Waals surface area (Å²) in [5.74, 6) is 0.685. The van der Waals surface area contributed by atoms with Crippen LogP contribution >= 0.6 is 11.8 Å². The predicted molar refractivity (Wildman–Crippen MR) is 93.5 cm³/mol. The van der Waals surface area contributed by atoms with Gasteiger partial charge in [0, 0.05) is 23.3 Å². The summed E-state index contributed by atoms with van der Waals surface area (Å²) in [4.78, 5) is 12.7. The highest BCUT2D eigenvalue weighted by atomic mass is 32.2. The van der Waals surface area contributed by atoms with Gasteiger partial charge in [0.1, 0.15) is 0 Å². The van der Waals surface area contributed by atoms with Crippen molar-refractivity contribution in [3.63, 3.8) is 0 Å². The van der Waals surface area contributed by atoms with Crippen LogP contribution in [0.4, 0.5) is 0 Å². The van der Waals surface area contributed by atoms with Crippen molar-refractivity contribution in [3.05, 3.63) is 0 Å². The van der Waals surface area contributed by atoms with E-state index in [0.29, 0.717) is 5.92 Å². The van der Waals surface area contributed by atoms with Crippen molar-refractivity contribution in [2.45, 2.75) is 71.1 Å². The Hall–Kier alpha value is -0.220. The first-order chi connectivity index (χ1) is 9.74. The van der Waals surface area contributed by atoms with Gasteiger partial charge in [0.25, 0.3) is 0 Å². The molecule has 1 aliphatic carbocycles. The lowest BCUT2D eigenvalue weighted by atomic mass is 9.61. The molecule has 0 aromatic carbocycles. The molecule has 0 heterocycles. The number of hydrogen-bond donors (Lipinski definition) is 2. The molecular formula is C17H34N2OS. The average Bonchev–Trinajstić information content (AvgIpc) is 2.47. The van der Waals surface area contributed by atoms with E-state index in [-0.39, 0.29) is 28.0 Å². The maximum Gasteiger partial charge on any atom is 0.223 e. The molecular weight excluding hydrogens is 280 g/mol. The van der Waals surface area contributed by atoms with Crippen molar-refractivity contribution >= 4 is 17.7 Å². The van der Waals surface area contributed by atoms with Crippen LogP contribution in [0, 0.1) is 17.3 Å². The molecule has 0 aromatic heterocycles. The summed E-state index contributed by atoms with van der Waals surface area (Å²) in [7, 11) is 0. The first-order valence-electron chi connectivity index (χ1n) is 8.32. The Bertz CT molecular complexity index is 344. The molecule has 0 saturated heterocycles. The lowest BCUT2D eigenvalue weighted by Gasteiger charge is -2.46. The third kappa shape index (κ3) is 3.95. The van der Waals surface area contributed by atoms with Crippen LogP contribution in [-0.2, 0) is 4.79 Å². The summed E-state index contributed by atoms with van der Waals surface area (Å²) in [6, 6.07) is 0.223. The number of nitrogens with one attached hydrogen (secondary N) is 1. The van der Waals surface area contributed by atoms with Crippen molar-refractivity contribution in [2.24, 2.45) is 23.0 Å². The summed E-state index contributed by atoms with van der Waals surface area (Å²) in [5.41, 5.74) is 6.16. The van der Waals surface area contributed by atoms with E-state index in [2.05, 4.69) is 46.2 Å². The summed E-state index contributed by atoms with van der Waals surface area (Å²) in [5, 5.41) is 3.24. The summed E-state index contributed by atoms with van der Waals surface area (Å²) < 4.78 is 0.177. The minimum Gasteiger partial charge on any atom is -0.354 e. The van der Waals surface area contributed by atoms with Crippen LogP contribution in [0.25, 0.3) is 0 Å². The Kier molecular flexibility index (Phi) is 6.60. The highest BCUT2D eigenvalue weighted by Crippen LogP contribution is 2.44. The summed E-state index contributed by atoms with van der Waals surface area (Å²) in [6.45, 7) is 11.8. The Labute approximate surface area is 135 Å². The van der Waals surface area contributed by atoms with Gasteiger partial charge in [-0.1, -0.05) is 34.6 Å². The molecule has 0 aliphatic heterocycles. The van der Waals surface area contributed by atoms with Gasteiger partial charge in [-0.2, -0.15) is 11.8 Å². The molecule has 0 radical (unpaired) electrons. The number of thioether (sulfide) groups is 1. The molecule has 1 aliphatic rings. The van der Waals surface area contributed by atoms with Crippen LogP contribution in [0.1, 0.15) is 60.3 Å². The van der Waals surface area contributed by atoms with Gasteiger partial charge in [-0.25, -0.2) is 0 Å². The zero-order valence-corrected chi connectivity index (χ0v) is 15.5. The molecule has 0 spiro atoms. The fraction of sp³-hybridized carbons (Fsp3) is 0.941. The van der Waals surface area contributed by atoms with E-state index in [1.165, 1.54) is 0 Å². The largest absolute Gasteiger partial charge is 0.354 e. The molecule has 21 heavy (non-hydrogen) atoms. The number of carbonyl (C=O) groups is 1. The lowest BCUT2D eigenvalue weighted by Crippen LogP contribution is -2.53. The van der Waals surface area contributed by atoms with Gasteiger partial charge in [0.15, 0.2) is 0 Å². The number of carbonyl (C=O) groups excluding carboxylic acids is 1. The second-order valence-electron chi connectivity index (χ2n) is 7.22. The SMILES string of the molecule is CCC(CC)(CNC(=O)C1CCC(N)C(C)C1(C)C)SC. The van der Waals surface area contributed by atoms with Crippen LogP contribution in [0.5, 0.6) is 0 Å². The van der Waals surface area contributed by atoms with Crippen LogP contribution in [0.2, 0.25) is 0 Å². The van der Waals surface area contributed by atoms with E-state index < -0.39 is 0 Å².